The summed E-state index contributed by atoms with van der Waals surface area (Å²) in [4.78, 5) is 15.6. The van der Waals surface area contributed by atoms with Crippen LogP contribution in [0.1, 0.15) is 20.8 Å². The number of carbonyl (C=O) groups is 1. The van der Waals surface area contributed by atoms with Gasteiger partial charge in [-0.25, -0.2) is 4.79 Å². The molecular formula is C11H15ClN2O2. The molecule has 0 radical (unpaired) electrons. The van der Waals surface area contributed by atoms with Gasteiger partial charge in [0.2, 0.25) is 0 Å². The minimum atomic E-state index is -0.877. The number of para-hydroxylation sites is 1. The Bertz CT molecular complexity index is 349. The van der Waals surface area contributed by atoms with Gasteiger partial charge in [-0.2, -0.15) is 0 Å². The van der Waals surface area contributed by atoms with Crippen LogP contribution in [0.2, 0.25) is 0 Å². The van der Waals surface area contributed by atoms with Crippen LogP contribution in [0.25, 0.3) is 0 Å². The highest BCUT2D eigenvalue weighted by Crippen LogP contribution is 2.17. The number of nitrogens with one attached hydrogen (secondary N) is 1. The van der Waals surface area contributed by atoms with E-state index < -0.39 is 11.0 Å². The summed E-state index contributed by atoms with van der Waals surface area (Å²) in [6.07, 6.45) is 0. The van der Waals surface area contributed by atoms with Gasteiger partial charge in [0.25, 0.3) is 0 Å². The van der Waals surface area contributed by atoms with Crippen molar-refractivity contribution in [2.24, 2.45) is 0 Å². The fourth-order valence-corrected chi connectivity index (χ4v) is 1.10. The number of halogens is 1. The van der Waals surface area contributed by atoms with E-state index in [2.05, 4.69) is 5.43 Å². The predicted molar refractivity (Wildman–Crippen MR) is 64.0 cm³/mol. The fraction of sp³-hybridized carbons (Fsp3) is 0.364. The zero-order valence-electron chi connectivity index (χ0n) is 9.53. The Hall–Kier alpha value is -1.26. The Balaban J connectivity index is 2.75. The van der Waals surface area contributed by atoms with Crippen molar-refractivity contribution < 1.29 is 9.63 Å². The third-order valence-electron chi connectivity index (χ3n) is 1.78. The summed E-state index contributed by atoms with van der Waals surface area (Å²) in [6, 6.07) is 9.39. The first-order valence-corrected chi connectivity index (χ1v) is 5.27. The van der Waals surface area contributed by atoms with Gasteiger partial charge in [0, 0.05) is 11.6 Å². The molecule has 0 aromatic heterocycles. The molecule has 0 fully saturated rings. The van der Waals surface area contributed by atoms with Crippen molar-refractivity contribution in [1.82, 2.24) is 5.17 Å². The van der Waals surface area contributed by atoms with Crippen LogP contribution in [0.15, 0.2) is 30.3 Å². The minimum Gasteiger partial charge on any atom is -0.334 e. The lowest BCUT2D eigenvalue weighted by molar-refractivity contribution is -0.128. The number of carbonyl (C=O) groups excluding carboxylic acids is 1. The Morgan fingerprint density at radius 2 is 1.88 bits per heavy atom. The molecule has 4 nitrogen and oxygen atoms in total. The van der Waals surface area contributed by atoms with Crippen molar-refractivity contribution in [3.8, 4) is 0 Å². The Labute approximate surface area is 100 Å². The molecule has 1 aromatic rings. The zero-order valence-corrected chi connectivity index (χ0v) is 10.3. The first-order chi connectivity index (χ1) is 7.39. The van der Waals surface area contributed by atoms with Crippen LogP contribution in [-0.2, 0) is 4.84 Å². The summed E-state index contributed by atoms with van der Waals surface area (Å²) in [5.74, 6) is 0. The molecule has 16 heavy (non-hydrogen) atoms. The van der Waals surface area contributed by atoms with Crippen LogP contribution in [-0.4, -0.2) is 16.1 Å². The first kappa shape index (κ1) is 12.8. The molecule has 0 saturated heterocycles. The van der Waals surface area contributed by atoms with E-state index in [1.54, 1.807) is 0 Å². The van der Waals surface area contributed by atoms with Gasteiger partial charge in [0.15, 0.2) is 0 Å². The number of hydrogen-bond donors (Lipinski definition) is 1. The second-order valence-corrected chi connectivity index (χ2v) is 4.58. The highest BCUT2D eigenvalue weighted by atomic mass is 35.5. The number of rotatable bonds is 3. The van der Waals surface area contributed by atoms with Crippen molar-refractivity contribution >= 4 is 22.7 Å². The average molecular weight is 243 g/mol. The molecular weight excluding hydrogens is 228 g/mol. The molecule has 0 spiro atoms. The molecule has 0 unspecified atom stereocenters. The van der Waals surface area contributed by atoms with Gasteiger partial charge in [-0.1, -0.05) is 18.2 Å². The summed E-state index contributed by atoms with van der Waals surface area (Å²) < 4.78 is 0. The lowest BCUT2D eigenvalue weighted by Crippen LogP contribution is -2.45. The van der Waals surface area contributed by atoms with E-state index in [1.165, 1.54) is 5.17 Å². The van der Waals surface area contributed by atoms with Gasteiger partial charge >= 0.3 is 5.43 Å². The molecule has 0 aliphatic rings. The van der Waals surface area contributed by atoms with Gasteiger partial charge in [-0.15, -0.1) is 0 Å². The van der Waals surface area contributed by atoms with Crippen molar-refractivity contribution in [2.75, 3.05) is 5.43 Å². The Morgan fingerprint density at radius 1 is 1.31 bits per heavy atom. The summed E-state index contributed by atoms with van der Waals surface area (Å²) in [5.41, 5.74) is 2.49. The number of hydroxylamine groups is 1. The van der Waals surface area contributed by atoms with Crippen LogP contribution < -0.4 is 5.43 Å². The molecule has 1 rings (SSSR count). The Morgan fingerprint density at radius 3 is 2.31 bits per heavy atom. The van der Waals surface area contributed by atoms with Crippen molar-refractivity contribution in [2.45, 2.75) is 26.3 Å². The predicted octanol–water partition coefficient (Wildman–Crippen LogP) is 3.40. The largest absolute Gasteiger partial charge is 0.424 e. The van der Waals surface area contributed by atoms with Crippen LogP contribution in [0.4, 0.5) is 10.5 Å². The lowest BCUT2D eigenvalue weighted by Gasteiger charge is -2.32. The maximum Gasteiger partial charge on any atom is 0.424 e. The topological polar surface area (TPSA) is 41.6 Å². The van der Waals surface area contributed by atoms with Crippen LogP contribution in [0.3, 0.4) is 0 Å². The van der Waals surface area contributed by atoms with Gasteiger partial charge in [0.05, 0.1) is 11.2 Å². The van der Waals surface area contributed by atoms with E-state index in [0.29, 0.717) is 0 Å². The minimum absolute atomic E-state index is 0.402. The van der Waals surface area contributed by atoms with Crippen LogP contribution in [0.5, 0.6) is 0 Å². The molecule has 0 saturated carbocycles. The van der Waals surface area contributed by atoms with Crippen LogP contribution in [0, 0.1) is 0 Å². The second kappa shape index (κ2) is 5.18. The molecule has 0 atom stereocenters. The number of benzene rings is 1. The lowest BCUT2D eigenvalue weighted by atomic mass is 10.1. The third kappa shape index (κ3) is 4.08. The van der Waals surface area contributed by atoms with Gasteiger partial charge in [-0.3, -0.25) is 5.43 Å². The molecule has 0 aliphatic heterocycles. The van der Waals surface area contributed by atoms with E-state index in [1.807, 2.05) is 51.1 Å². The molecule has 1 N–H and O–H groups in total. The SMILES string of the molecule is CC(C)(C)N(Nc1ccccc1)OC(=O)Cl. The normalized spacial score (nSPS) is 11.3. The van der Waals surface area contributed by atoms with E-state index in [9.17, 15) is 4.79 Å². The highest BCUT2D eigenvalue weighted by Gasteiger charge is 2.25. The smallest absolute Gasteiger partial charge is 0.334 e. The Kier molecular flexibility index (Phi) is 4.15. The van der Waals surface area contributed by atoms with E-state index >= 15 is 0 Å². The van der Waals surface area contributed by atoms with Gasteiger partial charge in [0.1, 0.15) is 0 Å². The van der Waals surface area contributed by atoms with Gasteiger partial charge in [-0.05, 0) is 38.1 Å². The maximum atomic E-state index is 10.8. The standard InChI is InChI=1S/C11H15ClN2O2/c1-11(2,3)14(16-10(12)15)13-9-7-5-4-6-8-9/h4-8,13H,1-3H3. The number of anilines is 1. The van der Waals surface area contributed by atoms with Crippen molar-refractivity contribution in [3.05, 3.63) is 30.3 Å². The quantitative estimate of drug-likeness (QED) is 0.652. The zero-order chi connectivity index (χ0) is 12.2. The third-order valence-corrected chi connectivity index (χ3v) is 1.85. The van der Waals surface area contributed by atoms with Crippen molar-refractivity contribution in [3.63, 3.8) is 0 Å². The highest BCUT2D eigenvalue weighted by molar-refractivity contribution is 6.61. The fourth-order valence-electron chi connectivity index (χ4n) is 1.03. The summed E-state index contributed by atoms with van der Waals surface area (Å²) in [5, 5.41) is 1.32. The van der Waals surface area contributed by atoms with E-state index in [0.717, 1.165) is 5.69 Å². The van der Waals surface area contributed by atoms with E-state index in [4.69, 9.17) is 16.4 Å². The molecule has 88 valence electrons. The van der Waals surface area contributed by atoms with Crippen molar-refractivity contribution in [1.29, 1.82) is 0 Å². The molecule has 0 heterocycles. The van der Waals surface area contributed by atoms with E-state index in [-0.39, 0.29) is 0 Å². The van der Waals surface area contributed by atoms with Gasteiger partial charge < -0.3 is 4.84 Å². The molecule has 1 aromatic carbocycles. The summed E-state index contributed by atoms with van der Waals surface area (Å²) >= 11 is 5.20. The molecule has 5 heteroatoms. The maximum absolute atomic E-state index is 10.8. The molecule has 0 bridgehead atoms. The monoisotopic (exact) mass is 242 g/mol. The summed E-state index contributed by atoms with van der Waals surface area (Å²) in [7, 11) is 0. The number of hydrogen-bond acceptors (Lipinski definition) is 4. The summed E-state index contributed by atoms with van der Waals surface area (Å²) in [6.45, 7) is 5.67. The second-order valence-electron chi connectivity index (χ2n) is 4.27. The van der Waals surface area contributed by atoms with Crippen LogP contribution >= 0.6 is 11.6 Å². The molecule has 0 aliphatic carbocycles. The average Bonchev–Trinajstić information content (AvgIpc) is 2.16. The number of hydrazine groups is 1. The molecule has 0 amide bonds. The first-order valence-electron chi connectivity index (χ1n) is 4.89. The number of nitrogens with zero attached hydrogens (tertiary/aromatic N) is 1.